The van der Waals surface area contributed by atoms with E-state index in [1.165, 1.54) is 12.1 Å². The van der Waals surface area contributed by atoms with Crippen LogP contribution < -0.4 is 16.2 Å². The van der Waals surface area contributed by atoms with Crippen LogP contribution in [-0.4, -0.2) is 14.7 Å². The van der Waals surface area contributed by atoms with Crippen molar-refractivity contribution in [3.63, 3.8) is 0 Å². The minimum atomic E-state index is -4.42. The summed E-state index contributed by atoms with van der Waals surface area (Å²) in [6.07, 6.45) is -2.64. The predicted molar refractivity (Wildman–Crippen MR) is 124 cm³/mol. The molecule has 2 heterocycles. The molecule has 2 aromatic heterocycles. The molecular weight excluding hydrogens is 479 g/mol. The van der Waals surface area contributed by atoms with E-state index in [9.17, 15) is 22.8 Å². The Hall–Kier alpha value is -4.28. The number of aryl methyl sites for hydroxylation is 1. The topological polar surface area (TPSA) is 103 Å². The van der Waals surface area contributed by atoms with Gasteiger partial charge in [-0.1, -0.05) is 18.2 Å². The lowest BCUT2D eigenvalue weighted by Gasteiger charge is -2.10. The van der Waals surface area contributed by atoms with Gasteiger partial charge in [-0.2, -0.15) is 13.2 Å². The molecule has 0 saturated carbocycles. The maximum Gasteiger partial charge on any atom is 0.440 e. The minimum absolute atomic E-state index is 0.0858. The van der Waals surface area contributed by atoms with Gasteiger partial charge in [-0.15, -0.1) is 4.74 Å². The Bertz CT molecular complexity index is 1510. The molecular formula is C25H22F3N3O5. The van der Waals surface area contributed by atoms with Crippen molar-refractivity contribution < 1.29 is 26.8 Å². The van der Waals surface area contributed by atoms with Crippen LogP contribution in [0.3, 0.4) is 0 Å². The Morgan fingerprint density at radius 2 is 1.92 bits per heavy atom. The van der Waals surface area contributed by atoms with E-state index >= 15 is 0 Å². The molecule has 1 atom stereocenters. The monoisotopic (exact) mass is 501 g/mol. The predicted octanol–water partition coefficient (Wildman–Crippen LogP) is 5.36. The first kappa shape index (κ1) is 24.8. The van der Waals surface area contributed by atoms with Crippen LogP contribution in [0.15, 0.2) is 73.1 Å². The molecule has 0 aliphatic rings. The third-order valence-electron chi connectivity index (χ3n) is 5.47. The summed E-state index contributed by atoms with van der Waals surface area (Å²) >= 11 is 0. The zero-order valence-corrected chi connectivity index (χ0v) is 19.6. The minimum Gasteiger partial charge on any atom is -0.487 e. The number of H-pyrrole nitrogens is 1. The van der Waals surface area contributed by atoms with E-state index in [0.29, 0.717) is 22.8 Å². The van der Waals surface area contributed by atoms with E-state index in [1.807, 2.05) is 18.0 Å². The number of oxazole rings is 1. The third kappa shape index (κ3) is 5.51. The Morgan fingerprint density at radius 1 is 1.19 bits per heavy atom. The fourth-order valence-electron chi connectivity index (χ4n) is 3.56. The number of nitrogens with one attached hydrogen (secondary N) is 1. The molecule has 188 valence electrons. The molecule has 1 N–H and O–H groups in total. The van der Waals surface area contributed by atoms with Crippen LogP contribution in [0, 0.1) is 6.92 Å². The van der Waals surface area contributed by atoms with Crippen molar-refractivity contribution in [2.45, 2.75) is 39.6 Å². The second kappa shape index (κ2) is 9.76. The zero-order valence-electron chi connectivity index (χ0n) is 19.6. The first-order chi connectivity index (χ1) is 17.0. The molecule has 0 amide bonds. The lowest BCUT2D eigenvalue weighted by atomic mass is 10.1. The van der Waals surface area contributed by atoms with Crippen molar-refractivity contribution in [2.24, 2.45) is 0 Å². The maximum atomic E-state index is 12.8. The number of aromatic amines is 1. The maximum absolute atomic E-state index is 12.8. The van der Waals surface area contributed by atoms with Crippen LogP contribution in [-0.2, 0) is 12.8 Å². The molecule has 0 saturated heterocycles. The average Bonchev–Trinajstić information content (AvgIpc) is 3.38. The summed E-state index contributed by atoms with van der Waals surface area (Å²) in [5.74, 6) is 0.423. The second-order valence-corrected chi connectivity index (χ2v) is 8.14. The summed E-state index contributed by atoms with van der Waals surface area (Å²) in [7, 11) is 0. The van der Waals surface area contributed by atoms with Crippen LogP contribution in [0.2, 0.25) is 0 Å². The number of aromatic nitrogens is 3. The van der Waals surface area contributed by atoms with Gasteiger partial charge >= 0.3 is 17.6 Å². The van der Waals surface area contributed by atoms with Crippen molar-refractivity contribution in [1.82, 2.24) is 14.7 Å². The Balaban J connectivity index is 1.46. The lowest BCUT2D eigenvalue weighted by Crippen LogP contribution is -2.19. The fourth-order valence-corrected chi connectivity index (χ4v) is 3.56. The molecule has 8 nitrogen and oxygen atoms in total. The summed E-state index contributed by atoms with van der Waals surface area (Å²) < 4.78 is 55.7. The van der Waals surface area contributed by atoms with Gasteiger partial charge in [-0.3, -0.25) is 0 Å². The van der Waals surface area contributed by atoms with E-state index in [0.717, 1.165) is 28.0 Å². The summed E-state index contributed by atoms with van der Waals surface area (Å²) in [4.78, 5) is 29.4. The van der Waals surface area contributed by atoms with Gasteiger partial charge in [0.1, 0.15) is 23.8 Å². The molecule has 0 aliphatic heterocycles. The van der Waals surface area contributed by atoms with Gasteiger partial charge in [-0.25, -0.2) is 19.6 Å². The molecule has 0 radical (unpaired) electrons. The zero-order chi connectivity index (χ0) is 26.0. The normalized spacial score (nSPS) is 13.1. The SMILES string of the molecule is C/C(=C/C(C)n1oc(=O)[nH]c1=O)c1cccc(OCc2nc(-c3ccc(C(F)(F)F)cc3)oc2C)c1. The Kier molecular flexibility index (Phi) is 6.73. The van der Waals surface area contributed by atoms with Crippen LogP contribution in [0.5, 0.6) is 5.75 Å². The van der Waals surface area contributed by atoms with Crippen LogP contribution in [0.1, 0.15) is 42.5 Å². The third-order valence-corrected chi connectivity index (χ3v) is 5.47. The molecule has 36 heavy (non-hydrogen) atoms. The van der Waals surface area contributed by atoms with E-state index in [-0.39, 0.29) is 12.5 Å². The first-order valence-electron chi connectivity index (χ1n) is 10.9. The molecule has 4 aromatic rings. The molecule has 4 rings (SSSR count). The number of ether oxygens (including phenoxy) is 1. The largest absolute Gasteiger partial charge is 0.487 e. The number of hydrogen-bond acceptors (Lipinski definition) is 6. The molecule has 11 heteroatoms. The van der Waals surface area contributed by atoms with Gasteiger partial charge in [0.05, 0.1) is 11.6 Å². The van der Waals surface area contributed by atoms with Crippen molar-refractivity contribution in [3.05, 3.63) is 98.2 Å². The highest BCUT2D eigenvalue weighted by Crippen LogP contribution is 2.31. The number of benzene rings is 2. The summed E-state index contributed by atoms with van der Waals surface area (Å²) in [5, 5.41) is 0. The number of hydrogen-bond donors (Lipinski definition) is 1. The highest BCUT2D eigenvalue weighted by Gasteiger charge is 2.30. The van der Waals surface area contributed by atoms with E-state index in [4.69, 9.17) is 13.7 Å². The molecule has 0 fully saturated rings. The van der Waals surface area contributed by atoms with Crippen LogP contribution >= 0.6 is 0 Å². The van der Waals surface area contributed by atoms with E-state index in [1.54, 1.807) is 38.1 Å². The van der Waals surface area contributed by atoms with Crippen molar-refractivity contribution in [1.29, 1.82) is 0 Å². The molecule has 0 spiro atoms. The Labute approximate surface area is 202 Å². The molecule has 2 aromatic carbocycles. The molecule has 0 bridgehead atoms. The highest BCUT2D eigenvalue weighted by molar-refractivity contribution is 5.65. The van der Waals surface area contributed by atoms with E-state index in [2.05, 4.69) is 4.98 Å². The highest BCUT2D eigenvalue weighted by atomic mass is 19.4. The smallest absolute Gasteiger partial charge is 0.440 e. The van der Waals surface area contributed by atoms with Crippen molar-refractivity contribution in [2.75, 3.05) is 0 Å². The van der Waals surface area contributed by atoms with Gasteiger partial charge in [0, 0.05) is 5.56 Å². The second-order valence-electron chi connectivity index (χ2n) is 8.14. The summed E-state index contributed by atoms with van der Waals surface area (Å²) in [5.41, 5.74) is 1.21. The van der Waals surface area contributed by atoms with Gasteiger partial charge in [0.2, 0.25) is 5.89 Å². The quantitative estimate of drug-likeness (QED) is 0.366. The fraction of sp³-hybridized carbons (Fsp3) is 0.240. The number of rotatable bonds is 7. The van der Waals surface area contributed by atoms with Crippen molar-refractivity contribution >= 4 is 5.57 Å². The van der Waals surface area contributed by atoms with Gasteiger partial charge in [-0.05, 0) is 68.3 Å². The Morgan fingerprint density at radius 3 is 2.56 bits per heavy atom. The molecule has 0 aliphatic carbocycles. The number of halogens is 3. The van der Waals surface area contributed by atoms with Crippen molar-refractivity contribution in [3.8, 4) is 17.2 Å². The standard InChI is InChI=1S/C25H22F3N3O5/c1-14(11-15(2)31-23(32)30-24(33)36-31)18-5-4-6-20(12-18)34-13-21-16(3)35-22(29-21)17-7-9-19(10-8-17)25(26,27)28/h4-12,15H,13H2,1-3H3,(H,30,32,33)/b14-11-. The van der Waals surface area contributed by atoms with Crippen LogP contribution in [0.4, 0.5) is 13.2 Å². The number of nitrogens with zero attached hydrogens (tertiary/aromatic N) is 2. The van der Waals surface area contributed by atoms with E-state index < -0.39 is 29.2 Å². The van der Waals surface area contributed by atoms with Crippen LogP contribution in [0.25, 0.3) is 17.0 Å². The molecule has 1 unspecified atom stereocenters. The summed E-state index contributed by atoms with van der Waals surface area (Å²) in [6.45, 7) is 5.35. The average molecular weight is 501 g/mol. The first-order valence-corrected chi connectivity index (χ1v) is 10.9. The number of allylic oxidation sites excluding steroid dienone is 2. The number of alkyl halides is 3. The van der Waals surface area contributed by atoms with Gasteiger partial charge < -0.3 is 13.7 Å². The van der Waals surface area contributed by atoms with Gasteiger partial charge in [0.15, 0.2) is 0 Å². The van der Waals surface area contributed by atoms with Gasteiger partial charge in [0.25, 0.3) is 0 Å². The summed E-state index contributed by atoms with van der Waals surface area (Å²) in [6, 6.07) is 11.3. The lowest BCUT2D eigenvalue weighted by molar-refractivity contribution is -0.137.